The van der Waals surface area contributed by atoms with Crippen LogP contribution in [-0.4, -0.2) is 17.6 Å². The van der Waals surface area contributed by atoms with Crippen molar-refractivity contribution in [1.29, 1.82) is 0 Å². The first kappa shape index (κ1) is 12.6. The summed E-state index contributed by atoms with van der Waals surface area (Å²) in [7, 11) is 0. The summed E-state index contributed by atoms with van der Waals surface area (Å²) in [6.45, 7) is 1.42. The van der Waals surface area contributed by atoms with Crippen LogP contribution in [0.2, 0.25) is 0 Å². The molecular weight excluding hydrogens is 228 g/mol. The summed E-state index contributed by atoms with van der Waals surface area (Å²) in [6.07, 6.45) is -5.98. The molecule has 1 atom stereocenters. The summed E-state index contributed by atoms with van der Waals surface area (Å²) in [6, 6.07) is 2.79. The number of benzene rings is 1. The van der Waals surface area contributed by atoms with Crippen molar-refractivity contribution in [3.05, 3.63) is 35.1 Å². The molecule has 0 spiro atoms. The maximum Gasteiger partial charge on any atom is 0.428 e. The minimum Gasteiger partial charge on any atom is -0.370 e. The SMILES string of the molecule is Cc1ccc(F)c(C(O)(C=O)C(F)(F)F)c1. The first-order valence-corrected chi connectivity index (χ1v) is 4.24. The van der Waals surface area contributed by atoms with Gasteiger partial charge in [0.1, 0.15) is 5.82 Å². The molecule has 1 N–H and O–H groups in total. The van der Waals surface area contributed by atoms with Crippen molar-refractivity contribution in [2.45, 2.75) is 18.7 Å². The third-order valence-electron chi connectivity index (χ3n) is 2.14. The van der Waals surface area contributed by atoms with E-state index in [9.17, 15) is 27.5 Å². The Morgan fingerprint density at radius 3 is 2.31 bits per heavy atom. The molecule has 1 aromatic carbocycles. The molecule has 0 saturated carbocycles. The topological polar surface area (TPSA) is 37.3 Å². The Morgan fingerprint density at radius 2 is 1.88 bits per heavy atom. The van der Waals surface area contributed by atoms with Gasteiger partial charge in [0, 0.05) is 5.56 Å². The number of aryl methyl sites for hydroxylation is 1. The third-order valence-corrected chi connectivity index (χ3v) is 2.14. The van der Waals surface area contributed by atoms with E-state index in [4.69, 9.17) is 0 Å². The van der Waals surface area contributed by atoms with Gasteiger partial charge in [-0.25, -0.2) is 4.39 Å². The lowest BCUT2D eigenvalue weighted by Gasteiger charge is -2.25. The zero-order valence-electron chi connectivity index (χ0n) is 8.18. The molecule has 0 aliphatic rings. The van der Waals surface area contributed by atoms with Crippen molar-refractivity contribution >= 4 is 6.29 Å². The largest absolute Gasteiger partial charge is 0.428 e. The van der Waals surface area contributed by atoms with E-state index in [1.165, 1.54) is 13.0 Å². The van der Waals surface area contributed by atoms with Crippen LogP contribution in [0, 0.1) is 12.7 Å². The normalized spacial score (nSPS) is 15.6. The summed E-state index contributed by atoms with van der Waals surface area (Å²) in [4.78, 5) is 10.4. The fourth-order valence-corrected chi connectivity index (χ4v) is 1.21. The van der Waals surface area contributed by atoms with Crippen LogP contribution in [0.25, 0.3) is 0 Å². The molecule has 0 radical (unpaired) electrons. The van der Waals surface area contributed by atoms with Crippen LogP contribution < -0.4 is 0 Å². The van der Waals surface area contributed by atoms with Gasteiger partial charge in [-0.15, -0.1) is 0 Å². The number of hydrogen-bond donors (Lipinski definition) is 1. The highest BCUT2D eigenvalue weighted by Gasteiger charge is 2.56. The number of rotatable bonds is 2. The standard InChI is InChI=1S/C10H8F4O2/c1-6-2-3-8(11)7(4-6)9(16,5-15)10(12,13)14/h2-5,16H,1H3. The van der Waals surface area contributed by atoms with Crippen molar-refractivity contribution in [2.24, 2.45) is 0 Å². The molecule has 0 aromatic heterocycles. The highest BCUT2D eigenvalue weighted by molar-refractivity contribution is 5.67. The fraction of sp³-hybridized carbons (Fsp3) is 0.300. The summed E-state index contributed by atoms with van der Waals surface area (Å²) in [5, 5.41) is 9.20. The molecule has 0 bridgehead atoms. The van der Waals surface area contributed by atoms with Crippen molar-refractivity contribution in [2.75, 3.05) is 0 Å². The minimum absolute atomic E-state index is 0.306. The number of halogens is 4. The summed E-state index contributed by atoms with van der Waals surface area (Å²) in [5.41, 5.74) is -4.58. The lowest BCUT2D eigenvalue weighted by atomic mass is 9.93. The summed E-state index contributed by atoms with van der Waals surface area (Å²) >= 11 is 0. The first-order valence-electron chi connectivity index (χ1n) is 4.24. The Kier molecular flexibility index (Phi) is 3.05. The van der Waals surface area contributed by atoms with Gasteiger partial charge in [0.25, 0.3) is 0 Å². The van der Waals surface area contributed by atoms with Gasteiger partial charge in [0.2, 0.25) is 5.60 Å². The van der Waals surface area contributed by atoms with Crippen molar-refractivity contribution in [3.8, 4) is 0 Å². The zero-order valence-corrected chi connectivity index (χ0v) is 8.18. The Hall–Kier alpha value is -1.43. The van der Waals surface area contributed by atoms with E-state index < -0.39 is 29.4 Å². The van der Waals surface area contributed by atoms with E-state index in [2.05, 4.69) is 0 Å². The van der Waals surface area contributed by atoms with Crippen LogP contribution in [0.3, 0.4) is 0 Å². The second-order valence-corrected chi connectivity index (χ2v) is 3.37. The monoisotopic (exact) mass is 236 g/mol. The molecule has 0 amide bonds. The van der Waals surface area contributed by atoms with E-state index in [-0.39, 0.29) is 0 Å². The number of aldehydes is 1. The van der Waals surface area contributed by atoms with Gasteiger partial charge >= 0.3 is 6.18 Å². The van der Waals surface area contributed by atoms with Crippen LogP contribution in [0.15, 0.2) is 18.2 Å². The van der Waals surface area contributed by atoms with Crippen molar-refractivity contribution in [1.82, 2.24) is 0 Å². The Balaban J connectivity index is 3.45. The molecule has 1 aromatic rings. The predicted molar refractivity (Wildman–Crippen MR) is 47.2 cm³/mol. The van der Waals surface area contributed by atoms with E-state index in [0.29, 0.717) is 5.56 Å². The van der Waals surface area contributed by atoms with Gasteiger partial charge in [0.05, 0.1) is 0 Å². The van der Waals surface area contributed by atoms with Crippen LogP contribution in [0.4, 0.5) is 17.6 Å². The molecular formula is C10H8F4O2. The van der Waals surface area contributed by atoms with Gasteiger partial charge in [-0.1, -0.05) is 11.6 Å². The Morgan fingerprint density at radius 1 is 1.31 bits per heavy atom. The smallest absolute Gasteiger partial charge is 0.370 e. The maximum atomic E-state index is 13.2. The van der Waals surface area contributed by atoms with E-state index in [0.717, 1.165) is 12.1 Å². The number of carbonyl (C=O) groups excluding carboxylic acids is 1. The van der Waals surface area contributed by atoms with Gasteiger partial charge in [-0.05, 0) is 19.1 Å². The molecule has 0 fully saturated rings. The van der Waals surface area contributed by atoms with Crippen LogP contribution in [0.5, 0.6) is 0 Å². The van der Waals surface area contributed by atoms with Gasteiger partial charge in [-0.2, -0.15) is 13.2 Å². The molecule has 16 heavy (non-hydrogen) atoms. The number of carbonyl (C=O) groups is 1. The van der Waals surface area contributed by atoms with E-state index in [1.54, 1.807) is 0 Å². The van der Waals surface area contributed by atoms with Gasteiger partial charge in [-0.3, -0.25) is 4.79 Å². The number of alkyl halides is 3. The average molecular weight is 236 g/mol. The molecule has 0 aliphatic carbocycles. The molecule has 0 saturated heterocycles. The number of aliphatic hydroxyl groups is 1. The van der Waals surface area contributed by atoms with E-state index >= 15 is 0 Å². The van der Waals surface area contributed by atoms with Gasteiger partial charge in [0.15, 0.2) is 6.29 Å². The summed E-state index contributed by atoms with van der Waals surface area (Å²) < 4.78 is 50.5. The minimum atomic E-state index is -5.26. The lowest BCUT2D eigenvalue weighted by molar-refractivity contribution is -0.250. The molecule has 0 aliphatic heterocycles. The molecule has 0 heterocycles. The Bertz CT molecular complexity index is 414. The van der Waals surface area contributed by atoms with Crippen molar-refractivity contribution < 1.29 is 27.5 Å². The van der Waals surface area contributed by atoms with Crippen LogP contribution in [-0.2, 0) is 10.4 Å². The zero-order chi connectivity index (χ0) is 12.6. The molecule has 2 nitrogen and oxygen atoms in total. The highest BCUT2D eigenvalue weighted by Crippen LogP contribution is 2.38. The van der Waals surface area contributed by atoms with Crippen LogP contribution in [0.1, 0.15) is 11.1 Å². The first-order chi connectivity index (χ1) is 7.22. The molecule has 1 rings (SSSR count). The molecule has 1 unspecified atom stereocenters. The van der Waals surface area contributed by atoms with Gasteiger partial charge < -0.3 is 5.11 Å². The molecule has 88 valence electrons. The second-order valence-electron chi connectivity index (χ2n) is 3.37. The Labute approximate surface area is 88.5 Å². The summed E-state index contributed by atoms with van der Waals surface area (Å²) in [5.74, 6) is -1.28. The third kappa shape index (κ3) is 1.92. The average Bonchev–Trinajstić information content (AvgIpc) is 2.19. The van der Waals surface area contributed by atoms with Crippen molar-refractivity contribution in [3.63, 3.8) is 0 Å². The number of hydrogen-bond acceptors (Lipinski definition) is 2. The molecule has 6 heteroatoms. The maximum absolute atomic E-state index is 13.2. The van der Waals surface area contributed by atoms with Crippen LogP contribution >= 0.6 is 0 Å². The second kappa shape index (κ2) is 3.86. The lowest BCUT2D eigenvalue weighted by Crippen LogP contribution is -2.44. The fourth-order valence-electron chi connectivity index (χ4n) is 1.21. The quantitative estimate of drug-likeness (QED) is 0.630. The highest BCUT2D eigenvalue weighted by atomic mass is 19.4. The van der Waals surface area contributed by atoms with E-state index in [1.807, 2.05) is 0 Å². The predicted octanol–water partition coefficient (Wildman–Crippen LogP) is 2.08.